The van der Waals surface area contributed by atoms with Crippen molar-refractivity contribution in [3.8, 4) is 0 Å². The van der Waals surface area contributed by atoms with Crippen LogP contribution in [0.4, 0.5) is 0 Å². The number of hydrogen-bond donors (Lipinski definition) is 0. The minimum absolute atomic E-state index is 0.0272. The molecule has 2 atom stereocenters. The van der Waals surface area contributed by atoms with Crippen molar-refractivity contribution in [2.45, 2.75) is 103 Å². The molecular weight excluding hydrogens is 324 g/mol. The van der Waals surface area contributed by atoms with Crippen LogP contribution in [-0.4, -0.2) is 17.9 Å². The van der Waals surface area contributed by atoms with Gasteiger partial charge in [-0.2, -0.15) is 0 Å². The molecule has 0 saturated heterocycles. The summed E-state index contributed by atoms with van der Waals surface area (Å²) in [5, 5.41) is 0. The van der Waals surface area contributed by atoms with E-state index in [1.54, 1.807) is 6.92 Å². The molecule has 0 aromatic rings. The van der Waals surface area contributed by atoms with E-state index in [1.165, 1.54) is 44.9 Å². The summed E-state index contributed by atoms with van der Waals surface area (Å²) in [7, 11) is 0. The molecule has 3 saturated carbocycles. The number of ketones is 1. The molecule has 0 amide bonds. The molecule has 3 heteroatoms. The first-order valence-electron chi connectivity index (χ1n) is 11.2. The third kappa shape index (κ3) is 5.57. The first-order chi connectivity index (χ1) is 12.5. The van der Waals surface area contributed by atoms with Gasteiger partial charge in [0.2, 0.25) is 0 Å². The average Bonchev–Trinajstić information content (AvgIpc) is 2.65. The van der Waals surface area contributed by atoms with E-state index in [-0.39, 0.29) is 29.7 Å². The predicted octanol–water partition coefficient (Wildman–Crippen LogP) is 5.70. The molecule has 148 valence electrons. The summed E-state index contributed by atoms with van der Waals surface area (Å²) in [4.78, 5) is 24.2. The first-order valence-corrected chi connectivity index (χ1v) is 11.2. The maximum Gasteiger partial charge on any atom is 0.309 e. The van der Waals surface area contributed by atoms with E-state index in [4.69, 9.17) is 4.74 Å². The SMILES string of the molecule is CC(=O)C1CCCC(C(=O)OC2CCC(CC3CCC(C)CC3)CC2)C1. The summed E-state index contributed by atoms with van der Waals surface area (Å²) in [5.74, 6) is 2.97. The van der Waals surface area contributed by atoms with Gasteiger partial charge in [0, 0.05) is 5.92 Å². The summed E-state index contributed by atoms with van der Waals surface area (Å²) < 4.78 is 5.86. The van der Waals surface area contributed by atoms with Gasteiger partial charge in [0.25, 0.3) is 0 Å². The van der Waals surface area contributed by atoms with Gasteiger partial charge in [0.15, 0.2) is 0 Å². The van der Waals surface area contributed by atoms with Crippen molar-refractivity contribution in [1.82, 2.24) is 0 Å². The second-order valence-corrected chi connectivity index (χ2v) is 9.61. The van der Waals surface area contributed by atoms with Crippen LogP contribution >= 0.6 is 0 Å². The van der Waals surface area contributed by atoms with Crippen LogP contribution in [0.3, 0.4) is 0 Å². The molecule has 0 heterocycles. The van der Waals surface area contributed by atoms with E-state index in [9.17, 15) is 9.59 Å². The van der Waals surface area contributed by atoms with Crippen molar-refractivity contribution in [3.63, 3.8) is 0 Å². The molecule has 0 aromatic heterocycles. The van der Waals surface area contributed by atoms with Crippen LogP contribution in [0.15, 0.2) is 0 Å². The zero-order chi connectivity index (χ0) is 18.5. The number of ether oxygens (including phenoxy) is 1. The summed E-state index contributed by atoms with van der Waals surface area (Å²) in [6, 6.07) is 0. The quantitative estimate of drug-likeness (QED) is 0.589. The summed E-state index contributed by atoms with van der Waals surface area (Å²) >= 11 is 0. The lowest BCUT2D eigenvalue weighted by molar-refractivity contribution is -0.158. The second kappa shape index (κ2) is 9.37. The van der Waals surface area contributed by atoms with E-state index in [2.05, 4.69) is 6.92 Å². The third-order valence-electron chi connectivity index (χ3n) is 7.46. The second-order valence-electron chi connectivity index (χ2n) is 9.61. The van der Waals surface area contributed by atoms with Gasteiger partial charge in [-0.05, 0) is 76.0 Å². The van der Waals surface area contributed by atoms with Gasteiger partial charge < -0.3 is 4.74 Å². The lowest BCUT2D eigenvalue weighted by Crippen LogP contribution is -2.32. The van der Waals surface area contributed by atoms with Crippen LogP contribution in [0.25, 0.3) is 0 Å². The predicted molar refractivity (Wildman–Crippen MR) is 104 cm³/mol. The van der Waals surface area contributed by atoms with Gasteiger partial charge in [-0.3, -0.25) is 9.59 Å². The first kappa shape index (κ1) is 19.9. The van der Waals surface area contributed by atoms with Crippen LogP contribution < -0.4 is 0 Å². The van der Waals surface area contributed by atoms with Crippen molar-refractivity contribution in [1.29, 1.82) is 0 Å². The zero-order valence-electron chi connectivity index (χ0n) is 16.9. The normalized spacial score (nSPS) is 38.5. The summed E-state index contributed by atoms with van der Waals surface area (Å²) in [6.45, 7) is 4.05. The highest BCUT2D eigenvalue weighted by Gasteiger charge is 2.33. The molecule has 3 rings (SSSR count). The van der Waals surface area contributed by atoms with Gasteiger partial charge in [0.05, 0.1) is 5.92 Å². The number of rotatable bonds is 5. The number of carbonyl (C=O) groups excluding carboxylic acids is 2. The van der Waals surface area contributed by atoms with E-state index >= 15 is 0 Å². The monoisotopic (exact) mass is 362 g/mol. The fourth-order valence-corrected chi connectivity index (χ4v) is 5.56. The van der Waals surface area contributed by atoms with Gasteiger partial charge in [0.1, 0.15) is 11.9 Å². The Labute approximate surface area is 159 Å². The molecule has 0 aromatic carbocycles. The highest BCUT2D eigenvalue weighted by Crippen LogP contribution is 2.38. The van der Waals surface area contributed by atoms with Crippen molar-refractivity contribution < 1.29 is 14.3 Å². The fraction of sp³-hybridized carbons (Fsp3) is 0.913. The average molecular weight is 363 g/mol. The molecule has 3 fully saturated rings. The Balaban J connectivity index is 1.37. The molecule has 0 spiro atoms. The molecule has 26 heavy (non-hydrogen) atoms. The van der Waals surface area contributed by atoms with E-state index < -0.39 is 0 Å². The molecule has 0 radical (unpaired) electrons. The highest BCUT2D eigenvalue weighted by molar-refractivity contribution is 5.80. The molecule has 2 unspecified atom stereocenters. The van der Waals surface area contributed by atoms with Crippen molar-refractivity contribution in [2.75, 3.05) is 0 Å². The number of carbonyl (C=O) groups is 2. The summed E-state index contributed by atoms with van der Waals surface area (Å²) in [5.41, 5.74) is 0. The Morgan fingerprint density at radius 2 is 1.38 bits per heavy atom. The highest BCUT2D eigenvalue weighted by atomic mass is 16.5. The van der Waals surface area contributed by atoms with Gasteiger partial charge >= 0.3 is 5.97 Å². The van der Waals surface area contributed by atoms with Crippen molar-refractivity contribution >= 4 is 11.8 Å². The van der Waals surface area contributed by atoms with Gasteiger partial charge in [-0.15, -0.1) is 0 Å². The standard InChI is InChI=1S/C23H38O3/c1-16-6-8-18(9-7-16)14-19-10-12-22(13-11-19)26-23(25)21-5-3-4-20(15-21)17(2)24/h16,18-22H,3-15H2,1-2H3. The largest absolute Gasteiger partial charge is 0.462 e. The Morgan fingerprint density at radius 3 is 2.00 bits per heavy atom. The third-order valence-corrected chi connectivity index (χ3v) is 7.46. The molecule has 0 N–H and O–H groups in total. The Kier molecular flexibility index (Phi) is 7.17. The summed E-state index contributed by atoms with van der Waals surface area (Å²) in [6.07, 6.45) is 15.3. The molecule has 3 aliphatic rings. The Morgan fingerprint density at radius 1 is 0.808 bits per heavy atom. The maximum absolute atomic E-state index is 12.5. The van der Waals surface area contributed by atoms with Crippen LogP contribution in [0, 0.1) is 29.6 Å². The molecular formula is C23H38O3. The topological polar surface area (TPSA) is 43.4 Å². The van der Waals surface area contributed by atoms with E-state index in [1.807, 2.05) is 0 Å². The van der Waals surface area contributed by atoms with Crippen LogP contribution in [0.5, 0.6) is 0 Å². The Bertz CT molecular complexity index is 470. The van der Waals surface area contributed by atoms with Crippen LogP contribution in [0.1, 0.15) is 97.3 Å². The minimum atomic E-state index is -0.0420. The van der Waals surface area contributed by atoms with Gasteiger partial charge in [-0.25, -0.2) is 0 Å². The van der Waals surface area contributed by atoms with Crippen LogP contribution in [-0.2, 0) is 14.3 Å². The van der Waals surface area contributed by atoms with Gasteiger partial charge in [-0.1, -0.05) is 39.0 Å². The number of esters is 1. The smallest absolute Gasteiger partial charge is 0.309 e. The van der Waals surface area contributed by atoms with E-state index in [0.717, 1.165) is 49.9 Å². The number of Topliss-reactive ketones (excluding diaryl/α,β-unsaturated/α-hetero) is 1. The van der Waals surface area contributed by atoms with E-state index in [0.29, 0.717) is 6.42 Å². The molecule has 3 nitrogen and oxygen atoms in total. The Hall–Kier alpha value is -0.860. The molecule has 3 aliphatic carbocycles. The minimum Gasteiger partial charge on any atom is -0.462 e. The zero-order valence-corrected chi connectivity index (χ0v) is 16.9. The maximum atomic E-state index is 12.5. The molecule has 0 aliphatic heterocycles. The van der Waals surface area contributed by atoms with Crippen LogP contribution in [0.2, 0.25) is 0 Å². The van der Waals surface area contributed by atoms with Crippen molar-refractivity contribution in [3.05, 3.63) is 0 Å². The molecule has 0 bridgehead atoms. The fourth-order valence-electron chi connectivity index (χ4n) is 5.56. The lowest BCUT2D eigenvalue weighted by atomic mass is 9.75. The number of hydrogen-bond acceptors (Lipinski definition) is 3. The van der Waals surface area contributed by atoms with Crippen molar-refractivity contribution in [2.24, 2.45) is 29.6 Å². The lowest BCUT2D eigenvalue weighted by Gasteiger charge is -2.34.